The molecule has 0 aromatic heterocycles. The number of carbonyl (C=O) groups is 2. The Balaban J connectivity index is 2.16. The van der Waals surface area contributed by atoms with Crippen LogP contribution in [0.4, 0.5) is 0 Å². The second kappa shape index (κ2) is 6.77. The Morgan fingerprint density at radius 3 is 2.67 bits per heavy atom. The molecule has 0 spiro atoms. The summed E-state index contributed by atoms with van der Waals surface area (Å²) in [4.78, 5) is 28.1. The lowest BCUT2D eigenvalue weighted by Gasteiger charge is -2.26. The largest absolute Gasteiger partial charge is 0.345 e. The van der Waals surface area contributed by atoms with Crippen molar-refractivity contribution in [3.8, 4) is 0 Å². The minimum Gasteiger partial charge on any atom is -0.345 e. The zero-order valence-electron chi connectivity index (χ0n) is 12.1. The molecule has 1 aromatic rings. The molecule has 1 atom stereocenters. The first-order valence-electron chi connectivity index (χ1n) is 6.87. The highest BCUT2D eigenvalue weighted by Gasteiger charge is 2.28. The molecule has 2 rings (SSSR count). The van der Waals surface area contributed by atoms with Crippen LogP contribution in [0.1, 0.15) is 23.7 Å². The molecule has 1 aromatic carbocycles. The van der Waals surface area contributed by atoms with Crippen LogP contribution in [0.15, 0.2) is 18.2 Å². The van der Waals surface area contributed by atoms with Crippen LogP contribution in [0, 0.1) is 0 Å². The number of nitrogens with zero attached hydrogens (tertiary/aromatic N) is 2. The van der Waals surface area contributed by atoms with Gasteiger partial charge in [-0.2, -0.15) is 0 Å². The summed E-state index contributed by atoms with van der Waals surface area (Å²) in [5.74, 6) is -0.0524. The van der Waals surface area contributed by atoms with Crippen LogP contribution in [0.5, 0.6) is 0 Å². The number of halogens is 2. The number of ketones is 1. The van der Waals surface area contributed by atoms with Crippen molar-refractivity contribution in [1.82, 2.24) is 9.80 Å². The van der Waals surface area contributed by atoms with Crippen molar-refractivity contribution in [1.29, 1.82) is 0 Å². The van der Waals surface area contributed by atoms with Crippen molar-refractivity contribution in [3.05, 3.63) is 33.8 Å². The third-order valence-corrected chi connectivity index (χ3v) is 4.37. The van der Waals surface area contributed by atoms with Gasteiger partial charge in [-0.25, -0.2) is 0 Å². The van der Waals surface area contributed by atoms with Crippen LogP contribution in [0.3, 0.4) is 0 Å². The maximum absolute atomic E-state index is 12.6. The van der Waals surface area contributed by atoms with Crippen molar-refractivity contribution in [2.75, 3.05) is 26.7 Å². The van der Waals surface area contributed by atoms with Gasteiger partial charge in [0.1, 0.15) is 0 Å². The fraction of sp³-hybridized carbons (Fsp3) is 0.467. The highest BCUT2D eigenvalue weighted by Crippen LogP contribution is 2.23. The third kappa shape index (κ3) is 3.76. The molecule has 4 nitrogen and oxygen atoms in total. The van der Waals surface area contributed by atoms with Gasteiger partial charge in [0.2, 0.25) is 5.91 Å². The Hall–Kier alpha value is -1.10. The molecule has 114 valence electrons. The number of carbonyl (C=O) groups excluding carboxylic acids is 2. The SMILES string of the molecule is CC(C(=O)c1ccc(Cl)cc1Cl)N1CCCN(C)C(=O)C1. The first-order chi connectivity index (χ1) is 9.90. The van der Waals surface area contributed by atoms with E-state index in [2.05, 4.69) is 0 Å². The van der Waals surface area contributed by atoms with Gasteiger partial charge in [-0.1, -0.05) is 23.2 Å². The zero-order valence-corrected chi connectivity index (χ0v) is 13.6. The van der Waals surface area contributed by atoms with Crippen molar-refractivity contribution in [3.63, 3.8) is 0 Å². The highest BCUT2D eigenvalue weighted by atomic mass is 35.5. The molecule has 0 bridgehead atoms. The topological polar surface area (TPSA) is 40.6 Å². The van der Waals surface area contributed by atoms with Gasteiger partial charge in [-0.05, 0) is 31.5 Å². The Morgan fingerprint density at radius 1 is 1.29 bits per heavy atom. The molecule has 1 aliphatic heterocycles. The number of hydrogen-bond donors (Lipinski definition) is 0. The van der Waals surface area contributed by atoms with Crippen LogP contribution in [-0.4, -0.2) is 54.2 Å². The lowest BCUT2D eigenvalue weighted by atomic mass is 10.0. The predicted octanol–water partition coefficient (Wildman–Crippen LogP) is 2.73. The summed E-state index contributed by atoms with van der Waals surface area (Å²) in [6, 6.07) is 4.45. The Morgan fingerprint density at radius 2 is 2.00 bits per heavy atom. The number of benzene rings is 1. The molecule has 0 saturated carbocycles. The number of Topliss-reactive ketones (excluding diaryl/α,β-unsaturated/α-hetero) is 1. The van der Waals surface area contributed by atoms with E-state index in [0.717, 1.165) is 13.0 Å². The van der Waals surface area contributed by atoms with E-state index in [1.54, 1.807) is 30.1 Å². The van der Waals surface area contributed by atoms with Crippen molar-refractivity contribution in [2.24, 2.45) is 0 Å². The van der Waals surface area contributed by atoms with Crippen LogP contribution >= 0.6 is 23.2 Å². The van der Waals surface area contributed by atoms with E-state index in [-0.39, 0.29) is 24.3 Å². The molecule has 1 saturated heterocycles. The minimum absolute atomic E-state index is 0.0364. The van der Waals surface area contributed by atoms with Gasteiger partial charge in [0.15, 0.2) is 5.78 Å². The molecule has 21 heavy (non-hydrogen) atoms. The quantitative estimate of drug-likeness (QED) is 0.801. The Kier molecular flexibility index (Phi) is 5.25. The maximum Gasteiger partial charge on any atom is 0.236 e. The number of amides is 1. The Labute approximate surface area is 134 Å². The molecule has 1 fully saturated rings. The molecule has 1 heterocycles. The van der Waals surface area contributed by atoms with E-state index in [1.807, 2.05) is 11.8 Å². The molecule has 1 amide bonds. The average molecular weight is 329 g/mol. The molecular formula is C15H18Cl2N2O2. The van der Waals surface area contributed by atoms with Gasteiger partial charge < -0.3 is 4.90 Å². The second-order valence-electron chi connectivity index (χ2n) is 5.30. The lowest BCUT2D eigenvalue weighted by Crippen LogP contribution is -2.43. The Bertz CT molecular complexity index is 563. The third-order valence-electron chi connectivity index (χ3n) is 3.83. The second-order valence-corrected chi connectivity index (χ2v) is 6.15. The zero-order chi connectivity index (χ0) is 15.6. The minimum atomic E-state index is -0.390. The van der Waals surface area contributed by atoms with Gasteiger partial charge in [0.25, 0.3) is 0 Å². The number of rotatable bonds is 3. The van der Waals surface area contributed by atoms with Crippen molar-refractivity contribution >= 4 is 34.9 Å². The van der Waals surface area contributed by atoms with Gasteiger partial charge in [0, 0.05) is 30.7 Å². The fourth-order valence-electron chi connectivity index (χ4n) is 2.42. The van der Waals surface area contributed by atoms with E-state index >= 15 is 0 Å². The maximum atomic E-state index is 12.6. The standard InChI is InChI=1S/C15H18Cl2N2O2/c1-10(19-7-3-6-18(2)14(20)9-19)15(21)12-5-4-11(16)8-13(12)17/h4-5,8,10H,3,6-7,9H2,1-2H3. The van der Waals surface area contributed by atoms with Crippen LogP contribution in [0.25, 0.3) is 0 Å². The van der Waals surface area contributed by atoms with E-state index in [9.17, 15) is 9.59 Å². The first kappa shape index (κ1) is 16.3. The fourth-order valence-corrected chi connectivity index (χ4v) is 2.92. The molecule has 0 N–H and O–H groups in total. The summed E-state index contributed by atoms with van der Waals surface area (Å²) < 4.78 is 0. The van der Waals surface area contributed by atoms with Crippen LogP contribution < -0.4 is 0 Å². The highest BCUT2D eigenvalue weighted by molar-refractivity contribution is 6.37. The predicted molar refractivity (Wildman–Crippen MR) is 84.1 cm³/mol. The van der Waals surface area contributed by atoms with E-state index in [1.165, 1.54) is 0 Å². The van der Waals surface area contributed by atoms with Crippen molar-refractivity contribution in [2.45, 2.75) is 19.4 Å². The molecule has 0 aliphatic carbocycles. The van der Waals surface area contributed by atoms with Crippen molar-refractivity contribution < 1.29 is 9.59 Å². The summed E-state index contributed by atoms with van der Waals surface area (Å²) in [5, 5.41) is 0.841. The summed E-state index contributed by atoms with van der Waals surface area (Å²) >= 11 is 11.9. The summed E-state index contributed by atoms with van der Waals surface area (Å²) in [6.07, 6.45) is 0.855. The van der Waals surface area contributed by atoms with Gasteiger partial charge in [0.05, 0.1) is 17.6 Å². The number of likely N-dealkylation sites (N-methyl/N-ethyl adjacent to an activating group) is 1. The normalized spacial score (nSPS) is 18.5. The molecule has 0 radical (unpaired) electrons. The van der Waals surface area contributed by atoms with Crippen LogP contribution in [-0.2, 0) is 4.79 Å². The number of hydrogen-bond acceptors (Lipinski definition) is 3. The molecule has 6 heteroatoms. The smallest absolute Gasteiger partial charge is 0.236 e. The molecule has 1 unspecified atom stereocenters. The molecular weight excluding hydrogens is 311 g/mol. The summed E-state index contributed by atoms with van der Waals surface area (Å²) in [6.45, 7) is 3.51. The van der Waals surface area contributed by atoms with E-state index in [0.29, 0.717) is 22.2 Å². The van der Waals surface area contributed by atoms with Gasteiger partial charge in [-0.3, -0.25) is 14.5 Å². The van der Waals surface area contributed by atoms with Crippen LogP contribution in [0.2, 0.25) is 10.0 Å². The lowest BCUT2D eigenvalue weighted by molar-refractivity contribution is -0.130. The summed E-state index contributed by atoms with van der Waals surface area (Å²) in [5.41, 5.74) is 0.443. The molecule has 1 aliphatic rings. The average Bonchev–Trinajstić information content (AvgIpc) is 2.60. The van der Waals surface area contributed by atoms with E-state index < -0.39 is 0 Å². The van der Waals surface area contributed by atoms with E-state index in [4.69, 9.17) is 23.2 Å². The summed E-state index contributed by atoms with van der Waals surface area (Å²) in [7, 11) is 1.79. The first-order valence-corrected chi connectivity index (χ1v) is 7.63. The van der Waals surface area contributed by atoms with Gasteiger partial charge >= 0.3 is 0 Å². The monoisotopic (exact) mass is 328 g/mol. The van der Waals surface area contributed by atoms with Gasteiger partial charge in [-0.15, -0.1) is 0 Å².